The number of nitrogens with one attached hydrogen (secondary N) is 1. The lowest BCUT2D eigenvalue weighted by Crippen LogP contribution is -3.14. The topological polar surface area (TPSA) is 45.8 Å². The van der Waals surface area contributed by atoms with Gasteiger partial charge in [0.2, 0.25) is 11.0 Å². The van der Waals surface area contributed by atoms with Crippen molar-refractivity contribution in [2.45, 2.75) is 38.9 Å². The summed E-state index contributed by atoms with van der Waals surface area (Å²) in [5.74, 6) is 0.150. The maximum atomic E-state index is 12.3. The minimum atomic E-state index is 0.150. The fourth-order valence-corrected chi connectivity index (χ4v) is 4.74. The molecular formula is C19H26N5OS2+. The van der Waals surface area contributed by atoms with E-state index in [1.54, 1.807) is 0 Å². The summed E-state index contributed by atoms with van der Waals surface area (Å²) in [6, 6.07) is 10.9. The summed E-state index contributed by atoms with van der Waals surface area (Å²) < 4.78 is 2.68. The molecule has 27 heavy (non-hydrogen) atoms. The van der Waals surface area contributed by atoms with Crippen LogP contribution in [0, 0.1) is 3.95 Å². The number of rotatable bonds is 6. The Balaban J connectivity index is 1.40. The van der Waals surface area contributed by atoms with Gasteiger partial charge in [0, 0.05) is 18.2 Å². The van der Waals surface area contributed by atoms with Crippen LogP contribution in [0.2, 0.25) is 0 Å². The van der Waals surface area contributed by atoms with Gasteiger partial charge in [-0.1, -0.05) is 36.5 Å². The van der Waals surface area contributed by atoms with Crippen molar-refractivity contribution in [1.29, 1.82) is 0 Å². The first kappa shape index (κ1) is 18.6. The summed E-state index contributed by atoms with van der Waals surface area (Å²) in [7, 11) is 0. The van der Waals surface area contributed by atoms with Crippen LogP contribution in [0.3, 0.4) is 0 Å². The van der Waals surface area contributed by atoms with Crippen molar-refractivity contribution in [3.05, 3.63) is 34.3 Å². The van der Waals surface area contributed by atoms with E-state index in [1.165, 1.54) is 21.9 Å². The summed E-state index contributed by atoms with van der Waals surface area (Å²) in [5, 5.41) is 5.49. The van der Waals surface area contributed by atoms with Gasteiger partial charge in [-0.2, -0.15) is 4.68 Å². The number of hydrogen-bond donors (Lipinski definition) is 1. The number of para-hydroxylation sites is 1. The number of aromatic nitrogens is 2. The van der Waals surface area contributed by atoms with Crippen LogP contribution < -0.4 is 14.7 Å². The zero-order valence-corrected chi connectivity index (χ0v) is 17.3. The Labute approximate surface area is 169 Å². The second-order valence-electron chi connectivity index (χ2n) is 7.23. The predicted molar refractivity (Wildman–Crippen MR) is 111 cm³/mol. The van der Waals surface area contributed by atoms with Crippen molar-refractivity contribution in [3.63, 3.8) is 0 Å². The van der Waals surface area contributed by atoms with Crippen LogP contribution >= 0.6 is 23.6 Å². The minimum absolute atomic E-state index is 0.150. The third-order valence-electron chi connectivity index (χ3n) is 5.25. The van der Waals surface area contributed by atoms with Crippen LogP contribution in [0.15, 0.2) is 30.3 Å². The smallest absolute Gasteiger partial charge is 0.228 e. The van der Waals surface area contributed by atoms with Gasteiger partial charge in [-0.05, 0) is 37.2 Å². The lowest BCUT2D eigenvalue weighted by atomic mass is 10.2. The lowest BCUT2D eigenvalue weighted by molar-refractivity contribution is -0.924. The molecule has 1 aliphatic heterocycles. The van der Waals surface area contributed by atoms with E-state index in [1.807, 2.05) is 16.5 Å². The van der Waals surface area contributed by atoms with Crippen molar-refractivity contribution in [1.82, 2.24) is 9.78 Å². The van der Waals surface area contributed by atoms with E-state index in [2.05, 4.69) is 35.2 Å². The first-order valence-corrected chi connectivity index (χ1v) is 10.9. The average molecular weight is 405 g/mol. The Morgan fingerprint density at radius 3 is 2.63 bits per heavy atom. The zero-order valence-electron chi connectivity index (χ0n) is 15.6. The van der Waals surface area contributed by atoms with E-state index in [0.717, 1.165) is 54.8 Å². The first-order valence-electron chi connectivity index (χ1n) is 9.69. The molecule has 144 valence electrons. The second-order valence-corrected chi connectivity index (χ2v) is 8.83. The monoisotopic (exact) mass is 404 g/mol. The predicted octanol–water partition coefficient (Wildman–Crippen LogP) is 1.94. The molecule has 8 heteroatoms. The Morgan fingerprint density at radius 2 is 2.00 bits per heavy atom. The van der Waals surface area contributed by atoms with Gasteiger partial charge in [0.1, 0.15) is 0 Å². The molecule has 1 saturated carbocycles. The van der Waals surface area contributed by atoms with Crippen LogP contribution in [0.4, 0.5) is 10.8 Å². The van der Waals surface area contributed by atoms with Gasteiger partial charge in [0.05, 0.1) is 26.2 Å². The standard InChI is InChI=1S/C19H25N5OS2/c1-2-17(25)24(16-8-9-16)18-20-23(19(26)27-18)14-21-10-12-22(13-11-21)15-6-4-3-5-7-15/h3-7,16H,2,8-14H2,1H3/p+1. The molecule has 2 heterocycles. The molecule has 0 bridgehead atoms. The maximum absolute atomic E-state index is 12.3. The molecule has 6 nitrogen and oxygen atoms in total. The summed E-state index contributed by atoms with van der Waals surface area (Å²) in [5.41, 5.74) is 1.29. The number of hydrogen-bond acceptors (Lipinski definition) is 5. The number of anilines is 2. The summed E-state index contributed by atoms with van der Waals surface area (Å²) in [6.45, 7) is 6.87. The molecule has 1 aromatic carbocycles. The van der Waals surface area contributed by atoms with Crippen LogP contribution in [-0.2, 0) is 11.5 Å². The number of benzene rings is 1. The second kappa shape index (κ2) is 8.08. The van der Waals surface area contributed by atoms with E-state index in [0.29, 0.717) is 12.5 Å². The lowest BCUT2D eigenvalue weighted by Gasteiger charge is -2.33. The third kappa shape index (κ3) is 4.23. The minimum Gasteiger partial charge on any atom is -0.360 e. The highest BCUT2D eigenvalue weighted by atomic mass is 32.1. The van der Waals surface area contributed by atoms with Crippen LogP contribution in [0.1, 0.15) is 26.2 Å². The van der Waals surface area contributed by atoms with Gasteiger partial charge in [-0.15, -0.1) is 5.10 Å². The summed E-state index contributed by atoms with van der Waals surface area (Å²) >= 11 is 7.02. The molecule has 2 aliphatic rings. The highest BCUT2D eigenvalue weighted by molar-refractivity contribution is 7.73. The molecule has 2 fully saturated rings. The van der Waals surface area contributed by atoms with Gasteiger partial charge in [-0.25, -0.2) is 0 Å². The molecule has 0 atom stereocenters. The van der Waals surface area contributed by atoms with Gasteiger partial charge in [0.25, 0.3) is 0 Å². The SMILES string of the molecule is CCC(=O)N(c1nn(C[NH+]2CCN(c3ccccc3)CC2)c(=S)s1)C1CC1. The fraction of sp³-hybridized carbons (Fsp3) is 0.526. The van der Waals surface area contributed by atoms with E-state index in [9.17, 15) is 4.79 Å². The molecule has 1 aromatic heterocycles. The molecule has 0 unspecified atom stereocenters. The zero-order chi connectivity index (χ0) is 18.8. The number of piperazine rings is 1. The van der Waals surface area contributed by atoms with Gasteiger partial charge in [0.15, 0.2) is 10.6 Å². The van der Waals surface area contributed by atoms with E-state index in [4.69, 9.17) is 17.3 Å². The Bertz CT molecular complexity index is 837. The molecule has 2 aromatic rings. The summed E-state index contributed by atoms with van der Waals surface area (Å²) in [6.07, 6.45) is 2.66. The normalized spacial score (nSPS) is 17.9. The van der Waals surface area contributed by atoms with E-state index < -0.39 is 0 Å². The van der Waals surface area contributed by atoms with E-state index in [-0.39, 0.29) is 5.91 Å². The number of nitrogens with zero attached hydrogens (tertiary/aromatic N) is 4. The Hall–Kier alpha value is -1.77. The molecule has 4 rings (SSSR count). The molecule has 1 saturated heterocycles. The number of amides is 1. The van der Waals surface area contributed by atoms with Crippen molar-refractivity contribution in [2.75, 3.05) is 36.0 Å². The van der Waals surface area contributed by atoms with Crippen molar-refractivity contribution < 1.29 is 9.69 Å². The first-order chi connectivity index (χ1) is 13.2. The third-order valence-corrected chi connectivity index (χ3v) is 6.56. The quantitative estimate of drug-likeness (QED) is 0.748. The van der Waals surface area contributed by atoms with E-state index >= 15 is 0 Å². The van der Waals surface area contributed by atoms with Crippen molar-refractivity contribution in [3.8, 4) is 0 Å². The highest BCUT2D eigenvalue weighted by Crippen LogP contribution is 2.33. The molecule has 1 amide bonds. The number of carbonyl (C=O) groups excluding carboxylic acids is 1. The molecule has 1 aliphatic carbocycles. The number of carbonyl (C=O) groups is 1. The highest BCUT2D eigenvalue weighted by Gasteiger charge is 2.35. The van der Waals surface area contributed by atoms with Crippen LogP contribution in [-0.4, -0.2) is 47.9 Å². The maximum Gasteiger partial charge on any atom is 0.228 e. The van der Waals surface area contributed by atoms with Crippen molar-refractivity contribution >= 4 is 40.3 Å². The Kier molecular flexibility index (Phi) is 5.56. The van der Waals surface area contributed by atoms with Crippen LogP contribution in [0.25, 0.3) is 0 Å². The largest absolute Gasteiger partial charge is 0.360 e. The van der Waals surface area contributed by atoms with Crippen LogP contribution in [0.5, 0.6) is 0 Å². The average Bonchev–Trinajstić information content (AvgIpc) is 3.47. The number of quaternary nitrogens is 1. The summed E-state index contributed by atoms with van der Waals surface area (Å²) in [4.78, 5) is 18.1. The van der Waals surface area contributed by atoms with Gasteiger partial charge >= 0.3 is 0 Å². The van der Waals surface area contributed by atoms with Gasteiger partial charge in [-0.3, -0.25) is 9.69 Å². The van der Waals surface area contributed by atoms with Crippen molar-refractivity contribution in [2.24, 2.45) is 0 Å². The van der Waals surface area contributed by atoms with Gasteiger partial charge < -0.3 is 9.80 Å². The molecule has 0 radical (unpaired) electrons. The molecule has 0 spiro atoms. The fourth-order valence-electron chi connectivity index (χ4n) is 3.55. The molecule has 1 N–H and O–H groups in total. The molecular weight excluding hydrogens is 378 g/mol. The Morgan fingerprint density at radius 1 is 1.30 bits per heavy atom.